The second-order valence-corrected chi connectivity index (χ2v) is 6.07. The summed E-state index contributed by atoms with van der Waals surface area (Å²) < 4.78 is 0. The molecule has 4 rings (SSSR count). The highest BCUT2D eigenvalue weighted by molar-refractivity contribution is 6.35. The summed E-state index contributed by atoms with van der Waals surface area (Å²) >= 11 is 6.32. The van der Waals surface area contributed by atoms with Crippen molar-refractivity contribution in [3.8, 4) is 0 Å². The molecule has 1 heterocycles. The Kier molecular flexibility index (Phi) is 2.75. The lowest BCUT2D eigenvalue weighted by Gasteiger charge is -2.13. The highest BCUT2D eigenvalue weighted by atomic mass is 35.5. The van der Waals surface area contributed by atoms with E-state index in [1.807, 2.05) is 12.1 Å². The van der Waals surface area contributed by atoms with Crippen molar-refractivity contribution in [3.05, 3.63) is 40.0 Å². The van der Waals surface area contributed by atoms with Crippen molar-refractivity contribution in [2.45, 2.75) is 44.7 Å². The van der Waals surface area contributed by atoms with Crippen LogP contribution in [0, 0.1) is 0 Å². The maximum atomic E-state index is 6.32. The second kappa shape index (κ2) is 4.46. The third-order valence-corrected chi connectivity index (χ3v) is 4.56. The molecular formula is C16H17ClN2. The molecule has 0 spiro atoms. The molecule has 1 N–H and O–H groups in total. The lowest BCUT2D eigenvalue weighted by molar-refractivity contribution is 0.686. The van der Waals surface area contributed by atoms with Crippen molar-refractivity contribution in [2.75, 3.05) is 0 Å². The summed E-state index contributed by atoms with van der Waals surface area (Å²) in [5.41, 5.74) is 5.17. The third-order valence-electron chi connectivity index (χ3n) is 4.26. The van der Waals surface area contributed by atoms with Gasteiger partial charge in [0.2, 0.25) is 0 Å². The Bertz CT molecular complexity index is 647. The van der Waals surface area contributed by atoms with E-state index < -0.39 is 0 Å². The molecule has 0 aliphatic heterocycles. The molecule has 1 aromatic carbocycles. The van der Waals surface area contributed by atoms with Gasteiger partial charge in [-0.15, -0.1) is 0 Å². The molecule has 1 fully saturated rings. The summed E-state index contributed by atoms with van der Waals surface area (Å²) in [4.78, 5) is 4.80. The maximum Gasteiger partial charge on any atom is 0.0894 e. The molecule has 0 amide bonds. The average molecular weight is 273 g/mol. The second-order valence-electron chi connectivity index (χ2n) is 5.66. The van der Waals surface area contributed by atoms with Crippen molar-refractivity contribution in [3.63, 3.8) is 0 Å². The minimum Gasteiger partial charge on any atom is -0.310 e. The van der Waals surface area contributed by atoms with Crippen LogP contribution in [0.15, 0.2) is 18.2 Å². The maximum absolute atomic E-state index is 6.32. The van der Waals surface area contributed by atoms with Crippen molar-refractivity contribution >= 4 is 22.5 Å². The predicted octanol–water partition coefficient (Wildman–Crippen LogP) is 3.63. The first-order valence-corrected chi connectivity index (χ1v) is 7.53. The van der Waals surface area contributed by atoms with Gasteiger partial charge in [0.15, 0.2) is 0 Å². The lowest BCUT2D eigenvalue weighted by Crippen LogP contribution is -2.17. The van der Waals surface area contributed by atoms with Crippen LogP contribution in [-0.2, 0) is 19.4 Å². The molecule has 1 saturated carbocycles. The number of hydrogen-bond acceptors (Lipinski definition) is 2. The summed E-state index contributed by atoms with van der Waals surface area (Å²) in [7, 11) is 0. The van der Waals surface area contributed by atoms with E-state index in [1.54, 1.807) is 0 Å². The molecule has 2 aliphatic carbocycles. The first-order chi connectivity index (χ1) is 9.33. The topological polar surface area (TPSA) is 24.9 Å². The monoisotopic (exact) mass is 272 g/mol. The fourth-order valence-electron chi connectivity index (χ4n) is 3.08. The van der Waals surface area contributed by atoms with Gasteiger partial charge < -0.3 is 5.32 Å². The normalized spacial score (nSPS) is 17.9. The molecule has 3 heteroatoms. The number of rotatable bonds is 3. The summed E-state index contributed by atoms with van der Waals surface area (Å²) in [5.74, 6) is 0. The van der Waals surface area contributed by atoms with Gasteiger partial charge in [0.05, 0.1) is 10.5 Å². The molecule has 2 aromatic rings. The Morgan fingerprint density at radius 3 is 3.00 bits per heavy atom. The molecule has 1 aromatic heterocycles. The average Bonchev–Trinajstić information content (AvgIpc) is 3.12. The Balaban J connectivity index is 1.88. The Morgan fingerprint density at radius 2 is 2.16 bits per heavy atom. The van der Waals surface area contributed by atoms with E-state index in [9.17, 15) is 0 Å². The lowest BCUT2D eigenvalue weighted by atomic mass is 10.0. The smallest absolute Gasteiger partial charge is 0.0894 e. The van der Waals surface area contributed by atoms with E-state index >= 15 is 0 Å². The predicted molar refractivity (Wildman–Crippen MR) is 78.6 cm³/mol. The number of aromatic nitrogens is 1. The van der Waals surface area contributed by atoms with Crippen LogP contribution < -0.4 is 5.32 Å². The summed E-state index contributed by atoms with van der Waals surface area (Å²) in [6, 6.07) is 6.88. The van der Waals surface area contributed by atoms with Crippen LogP contribution in [0.25, 0.3) is 10.9 Å². The molecule has 0 atom stereocenters. The van der Waals surface area contributed by atoms with Gasteiger partial charge in [0, 0.05) is 23.7 Å². The van der Waals surface area contributed by atoms with Gasteiger partial charge in [-0.25, -0.2) is 0 Å². The molecule has 0 unspecified atom stereocenters. The summed E-state index contributed by atoms with van der Waals surface area (Å²) in [6.45, 7) is 0.965. The van der Waals surface area contributed by atoms with Crippen LogP contribution >= 0.6 is 11.6 Å². The van der Waals surface area contributed by atoms with Gasteiger partial charge in [-0.3, -0.25) is 4.98 Å². The molecule has 2 nitrogen and oxygen atoms in total. The minimum absolute atomic E-state index is 0.736. The zero-order valence-electron chi connectivity index (χ0n) is 10.9. The van der Waals surface area contributed by atoms with Crippen LogP contribution in [0.4, 0.5) is 0 Å². The van der Waals surface area contributed by atoms with Gasteiger partial charge in [-0.1, -0.05) is 23.7 Å². The van der Waals surface area contributed by atoms with E-state index in [4.69, 9.17) is 16.6 Å². The molecule has 0 radical (unpaired) electrons. The van der Waals surface area contributed by atoms with Crippen molar-refractivity contribution in [2.24, 2.45) is 0 Å². The van der Waals surface area contributed by atoms with E-state index in [2.05, 4.69) is 11.4 Å². The number of hydrogen-bond donors (Lipinski definition) is 1. The number of para-hydroxylation sites is 1. The zero-order chi connectivity index (χ0) is 12.8. The standard InChI is InChI=1S/C16H17ClN2/c17-14-5-1-4-12-13(9-18-10-7-8-10)11-3-2-6-15(11)19-16(12)14/h1,4-5,10,18H,2-3,6-9H2. The molecular weight excluding hydrogens is 256 g/mol. The Morgan fingerprint density at radius 1 is 1.26 bits per heavy atom. The van der Waals surface area contributed by atoms with Crippen molar-refractivity contribution < 1.29 is 0 Å². The van der Waals surface area contributed by atoms with Crippen LogP contribution in [0.5, 0.6) is 0 Å². The van der Waals surface area contributed by atoms with Gasteiger partial charge in [0.1, 0.15) is 0 Å². The number of pyridine rings is 1. The fourth-order valence-corrected chi connectivity index (χ4v) is 3.30. The Hall–Kier alpha value is -1.12. The van der Waals surface area contributed by atoms with Crippen molar-refractivity contribution in [1.29, 1.82) is 0 Å². The summed E-state index contributed by atoms with van der Waals surface area (Å²) in [6.07, 6.45) is 6.16. The van der Waals surface area contributed by atoms with Gasteiger partial charge in [-0.2, -0.15) is 0 Å². The Labute approximate surface area is 118 Å². The number of nitrogens with zero attached hydrogens (tertiary/aromatic N) is 1. The van der Waals surface area contributed by atoms with E-state index in [1.165, 1.54) is 47.9 Å². The fraction of sp³-hybridized carbons (Fsp3) is 0.438. The first kappa shape index (κ1) is 11.7. The van der Waals surface area contributed by atoms with Crippen LogP contribution in [-0.4, -0.2) is 11.0 Å². The number of benzene rings is 1. The highest BCUT2D eigenvalue weighted by Gasteiger charge is 2.24. The number of halogens is 1. The van der Waals surface area contributed by atoms with Gasteiger partial charge >= 0.3 is 0 Å². The van der Waals surface area contributed by atoms with Crippen LogP contribution in [0.2, 0.25) is 5.02 Å². The minimum atomic E-state index is 0.736. The van der Waals surface area contributed by atoms with E-state index in [-0.39, 0.29) is 0 Å². The van der Waals surface area contributed by atoms with Crippen LogP contribution in [0.3, 0.4) is 0 Å². The molecule has 0 bridgehead atoms. The van der Waals surface area contributed by atoms with Crippen LogP contribution in [0.1, 0.15) is 36.1 Å². The number of fused-ring (bicyclic) bond motifs is 2. The quantitative estimate of drug-likeness (QED) is 0.923. The molecule has 2 aliphatic rings. The number of aryl methyl sites for hydroxylation is 1. The van der Waals surface area contributed by atoms with Gasteiger partial charge in [-0.05, 0) is 49.3 Å². The van der Waals surface area contributed by atoms with E-state index in [0.717, 1.165) is 29.5 Å². The zero-order valence-corrected chi connectivity index (χ0v) is 11.6. The molecule has 19 heavy (non-hydrogen) atoms. The SMILES string of the molecule is Clc1cccc2c(CNC3CC3)c3c(nc12)CCC3. The highest BCUT2D eigenvalue weighted by Crippen LogP contribution is 2.33. The molecule has 0 saturated heterocycles. The number of nitrogens with one attached hydrogen (secondary N) is 1. The summed E-state index contributed by atoms with van der Waals surface area (Å²) in [5, 5.41) is 5.66. The van der Waals surface area contributed by atoms with Gasteiger partial charge in [0.25, 0.3) is 0 Å². The molecule has 98 valence electrons. The first-order valence-electron chi connectivity index (χ1n) is 7.15. The van der Waals surface area contributed by atoms with E-state index in [0.29, 0.717) is 0 Å². The van der Waals surface area contributed by atoms with Crippen molar-refractivity contribution in [1.82, 2.24) is 10.3 Å². The third kappa shape index (κ3) is 2.03. The largest absolute Gasteiger partial charge is 0.310 e.